The first kappa shape index (κ1) is 33.2. The highest BCUT2D eigenvalue weighted by Crippen LogP contribution is 2.37. The van der Waals surface area contributed by atoms with Crippen LogP contribution < -0.4 is 0 Å². The molecule has 2 aromatic carbocycles. The number of benzene rings is 2. The number of ketones is 2. The van der Waals surface area contributed by atoms with Crippen LogP contribution in [0.1, 0.15) is 136 Å². The monoisotopic (exact) mass is 576 g/mol. The van der Waals surface area contributed by atoms with Gasteiger partial charge in [0.15, 0.2) is 11.6 Å². The lowest BCUT2D eigenvalue weighted by atomic mass is 9.74. The van der Waals surface area contributed by atoms with Crippen molar-refractivity contribution in [3.8, 4) is 0 Å². The third kappa shape index (κ3) is 7.96. The third-order valence-electron chi connectivity index (χ3n) is 9.06. The van der Waals surface area contributed by atoms with E-state index in [-0.39, 0.29) is 46.2 Å². The quantitative estimate of drug-likeness (QED) is 0.182. The molecule has 0 heterocycles. The van der Waals surface area contributed by atoms with Crippen molar-refractivity contribution in [2.24, 2.45) is 11.8 Å². The lowest BCUT2D eigenvalue weighted by Crippen LogP contribution is -2.25. The molecule has 6 nitrogen and oxygen atoms in total. The lowest BCUT2D eigenvalue weighted by Gasteiger charge is -2.29. The number of hydrogen-bond donors (Lipinski definition) is 0. The Balaban J connectivity index is 1.75. The van der Waals surface area contributed by atoms with Crippen molar-refractivity contribution in [1.29, 1.82) is 0 Å². The Morgan fingerprint density at radius 3 is 1.36 bits per heavy atom. The zero-order valence-electron chi connectivity index (χ0n) is 26.7. The van der Waals surface area contributed by atoms with Gasteiger partial charge in [0, 0.05) is 35.1 Å². The standard InChI is InChI=1S/C36H48O6/c1-23(19-31(37)41-7)11-9-17-35(3,4)25-13-15-27-29(21-25)34(40)30-22-26(14-16-28(30)33(27)39)36(5,6)18-10-12-24(2)20-32(38)42-8/h13-16,21-24H,9-12,17-20H2,1-8H3. The van der Waals surface area contributed by atoms with Crippen molar-refractivity contribution in [2.45, 2.75) is 104 Å². The molecule has 2 aromatic rings. The summed E-state index contributed by atoms with van der Waals surface area (Å²) in [5.74, 6) is -0.0911. The van der Waals surface area contributed by atoms with Crippen LogP contribution in [-0.2, 0) is 29.9 Å². The number of methoxy groups -OCH3 is 2. The molecule has 228 valence electrons. The molecule has 0 aliphatic heterocycles. The minimum atomic E-state index is -0.196. The first-order valence-corrected chi connectivity index (χ1v) is 15.2. The normalized spacial score (nSPS) is 14.6. The van der Waals surface area contributed by atoms with Crippen LogP contribution in [0.5, 0.6) is 0 Å². The maximum absolute atomic E-state index is 13.8. The second-order valence-corrected chi connectivity index (χ2v) is 13.5. The molecule has 42 heavy (non-hydrogen) atoms. The average molecular weight is 577 g/mol. The minimum Gasteiger partial charge on any atom is -0.469 e. The average Bonchev–Trinajstić information content (AvgIpc) is 2.94. The van der Waals surface area contributed by atoms with Crippen LogP contribution in [0, 0.1) is 11.8 Å². The number of ether oxygens (including phenoxy) is 2. The van der Waals surface area contributed by atoms with Gasteiger partial charge in [-0.2, -0.15) is 0 Å². The molecule has 3 rings (SSSR count). The van der Waals surface area contributed by atoms with Crippen LogP contribution in [0.25, 0.3) is 0 Å². The van der Waals surface area contributed by atoms with E-state index in [0.717, 1.165) is 49.7 Å². The first-order chi connectivity index (χ1) is 19.7. The van der Waals surface area contributed by atoms with Gasteiger partial charge in [-0.1, -0.05) is 79.4 Å². The molecule has 0 bridgehead atoms. The molecule has 0 spiro atoms. The molecule has 0 saturated carbocycles. The highest BCUT2D eigenvalue weighted by atomic mass is 16.5. The molecular weight excluding hydrogens is 528 g/mol. The highest BCUT2D eigenvalue weighted by molar-refractivity contribution is 6.28. The van der Waals surface area contributed by atoms with Crippen LogP contribution >= 0.6 is 0 Å². The van der Waals surface area contributed by atoms with Gasteiger partial charge >= 0.3 is 11.9 Å². The molecule has 0 saturated heterocycles. The fraction of sp³-hybridized carbons (Fsp3) is 0.556. The fourth-order valence-corrected chi connectivity index (χ4v) is 6.01. The summed E-state index contributed by atoms with van der Waals surface area (Å²) >= 11 is 0. The number of esters is 2. The Morgan fingerprint density at radius 1 is 0.643 bits per heavy atom. The van der Waals surface area contributed by atoms with Gasteiger partial charge in [0.2, 0.25) is 0 Å². The van der Waals surface area contributed by atoms with Gasteiger partial charge in [-0.15, -0.1) is 0 Å². The van der Waals surface area contributed by atoms with Crippen molar-refractivity contribution in [3.05, 3.63) is 69.8 Å². The molecule has 6 heteroatoms. The smallest absolute Gasteiger partial charge is 0.305 e. The predicted molar refractivity (Wildman–Crippen MR) is 165 cm³/mol. The summed E-state index contributed by atoms with van der Waals surface area (Å²) in [6.45, 7) is 12.8. The lowest BCUT2D eigenvalue weighted by molar-refractivity contribution is -0.142. The van der Waals surface area contributed by atoms with E-state index in [1.165, 1.54) is 14.2 Å². The second kappa shape index (κ2) is 13.8. The van der Waals surface area contributed by atoms with E-state index in [0.29, 0.717) is 35.1 Å². The maximum atomic E-state index is 13.8. The molecule has 2 unspecified atom stereocenters. The van der Waals surface area contributed by atoms with E-state index >= 15 is 0 Å². The van der Waals surface area contributed by atoms with Crippen molar-refractivity contribution in [3.63, 3.8) is 0 Å². The van der Waals surface area contributed by atoms with E-state index < -0.39 is 0 Å². The van der Waals surface area contributed by atoms with Gasteiger partial charge in [-0.3, -0.25) is 19.2 Å². The summed E-state index contributed by atoms with van der Waals surface area (Å²) in [6, 6.07) is 11.4. The third-order valence-corrected chi connectivity index (χ3v) is 9.06. The summed E-state index contributed by atoms with van der Waals surface area (Å²) in [7, 11) is 2.83. The van der Waals surface area contributed by atoms with E-state index in [9.17, 15) is 19.2 Å². The Morgan fingerprint density at radius 2 is 1.00 bits per heavy atom. The van der Waals surface area contributed by atoms with Crippen LogP contribution in [-0.4, -0.2) is 37.7 Å². The Labute approximate surface area is 251 Å². The molecule has 1 aliphatic carbocycles. The Bertz CT molecular complexity index is 1220. The number of fused-ring (bicyclic) bond motifs is 2. The van der Waals surface area contributed by atoms with Crippen LogP contribution in [0.2, 0.25) is 0 Å². The van der Waals surface area contributed by atoms with E-state index in [1.54, 1.807) is 0 Å². The van der Waals surface area contributed by atoms with Crippen LogP contribution in [0.3, 0.4) is 0 Å². The topological polar surface area (TPSA) is 86.7 Å². The number of hydrogen-bond acceptors (Lipinski definition) is 6. The summed E-state index contributed by atoms with van der Waals surface area (Å²) in [5.41, 5.74) is 3.55. The second-order valence-electron chi connectivity index (χ2n) is 13.5. The van der Waals surface area contributed by atoms with Crippen molar-refractivity contribution >= 4 is 23.5 Å². The highest BCUT2D eigenvalue weighted by Gasteiger charge is 2.33. The van der Waals surface area contributed by atoms with Gasteiger partial charge in [0.05, 0.1) is 14.2 Å². The molecule has 0 N–H and O–H groups in total. The number of carbonyl (C=O) groups excluding carboxylic acids is 4. The molecule has 0 amide bonds. The molecule has 0 radical (unpaired) electrons. The van der Waals surface area contributed by atoms with Gasteiger partial charge in [-0.25, -0.2) is 0 Å². The molecular formula is C36H48O6. The number of rotatable bonds is 14. The maximum Gasteiger partial charge on any atom is 0.305 e. The summed E-state index contributed by atoms with van der Waals surface area (Å²) < 4.78 is 9.58. The van der Waals surface area contributed by atoms with E-state index in [4.69, 9.17) is 9.47 Å². The van der Waals surface area contributed by atoms with Gasteiger partial charge < -0.3 is 9.47 Å². The van der Waals surface area contributed by atoms with Crippen LogP contribution in [0.15, 0.2) is 36.4 Å². The molecule has 0 aromatic heterocycles. The molecule has 1 aliphatic rings. The zero-order valence-corrected chi connectivity index (χ0v) is 26.7. The predicted octanol–water partition coefficient (Wildman–Crippen LogP) is 7.76. The van der Waals surface area contributed by atoms with Crippen LogP contribution in [0.4, 0.5) is 0 Å². The van der Waals surface area contributed by atoms with Gasteiger partial charge in [0.25, 0.3) is 0 Å². The number of carbonyl (C=O) groups is 4. The molecule has 2 atom stereocenters. The Hall–Kier alpha value is -3.28. The Kier molecular flexibility index (Phi) is 10.9. The summed E-state index contributed by atoms with van der Waals surface area (Å²) in [5, 5.41) is 0. The zero-order chi connectivity index (χ0) is 31.2. The van der Waals surface area contributed by atoms with Crippen molar-refractivity contribution < 1.29 is 28.7 Å². The largest absolute Gasteiger partial charge is 0.469 e. The SMILES string of the molecule is COC(=O)CC(C)CCCC(C)(C)c1ccc2c(c1)C(=O)c1cc(C(C)(C)CCCC(C)CC(=O)OC)ccc1C2=O. The van der Waals surface area contributed by atoms with E-state index in [1.807, 2.05) is 36.4 Å². The first-order valence-electron chi connectivity index (χ1n) is 15.2. The summed E-state index contributed by atoms with van der Waals surface area (Å²) in [6.07, 6.45) is 6.33. The van der Waals surface area contributed by atoms with Gasteiger partial charge in [-0.05, 0) is 70.9 Å². The van der Waals surface area contributed by atoms with E-state index in [2.05, 4.69) is 41.5 Å². The van der Waals surface area contributed by atoms with Crippen molar-refractivity contribution in [2.75, 3.05) is 14.2 Å². The van der Waals surface area contributed by atoms with Crippen molar-refractivity contribution in [1.82, 2.24) is 0 Å². The van der Waals surface area contributed by atoms with Gasteiger partial charge in [0.1, 0.15) is 0 Å². The minimum absolute atomic E-state index is 0.103. The molecule has 0 fully saturated rings. The summed E-state index contributed by atoms with van der Waals surface area (Å²) in [4.78, 5) is 50.5. The fourth-order valence-electron chi connectivity index (χ4n) is 6.01.